The van der Waals surface area contributed by atoms with Gasteiger partial charge in [-0.05, 0) is 37.5 Å². The second-order valence-electron chi connectivity index (χ2n) is 5.54. The highest BCUT2D eigenvalue weighted by Gasteiger charge is 2.32. The average Bonchev–Trinajstić information content (AvgIpc) is 3.22. The molecule has 0 bridgehead atoms. The Bertz CT molecular complexity index is 491. The van der Waals surface area contributed by atoms with E-state index in [2.05, 4.69) is 4.90 Å². The quantitative estimate of drug-likeness (QED) is 0.814. The number of hydrogen-bond acceptors (Lipinski definition) is 2. The summed E-state index contributed by atoms with van der Waals surface area (Å²) in [6, 6.07) is 5.55. The molecule has 1 amide bonds. The Balaban J connectivity index is 1.67. The number of benzene rings is 1. The maximum absolute atomic E-state index is 13.8. The summed E-state index contributed by atoms with van der Waals surface area (Å²) in [5.41, 5.74) is 1.04. The normalized spacial score (nSPS) is 20.6. The number of carbonyl (C=O) groups is 1. The first-order valence-electron chi connectivity index (χ1n) is 6.94. The Kier molecular flexibility index (Phi) is 3.27. The van der Waals surface area contributed by atoms with Crippen molar-refractivity contribution in [3.63, 3.8) is 0 Å². The van der Waals surface area contributed by atoms with Crippen molar-refractivity contribution in [2.24, 2.45) is 0 Å². The summed E-state index contributed by atoms with van der Waals surface area (Å²) >= 11 is 0. The molecule has 1 saturated heterocycles. The van der Waals surface area contributed by atoms with Crippen molar-refractivity contribution >= 4 is 5.91 Å². The van der Waals surface area contributed by atoms with E-state index in [1.165, 1.54) is 18.9 Å². The topological polar surface area (TPSA) is 23.6 Å². The molecule has 0 N–H and O–H groups in total. The van der Waals surface area contributed by atoms with Gasteiger partial charge in [0, 0.05) is 32.2 Å². The van der Waals surface area contributed by atoms with E-state index in [4.69, 9.17) is 0 Å². The molecule has 0 radical (unpaired) electrons. The van der Waals surface area contributed by atoms with Crippen molar-refractivity contribution in [1.82, 2.24) is 9.80 Å². The molecule has 0 aromatic heterocycles. The van der Waals surface area contributed by atoms with E-state index in [0.717, 1.165) is 24.7 Å². The van der Waals surface area contributed by atoms with E-state index in [-0.39, 0.29) is 11.5 Å². The number of hydrogen-bond donors (Lipinski definition) is 0. The third-order valence-electron chi connectivity index (χ3n) is 4.02. The zero-order chi connectivity index (χ0) is 13.4. The summed E-state index contributed by atoms with van der Waals surface area (Å²) in [5.74, 6) is -0.581. The fourth-order valence-corrected chi connectivity index (χ4v) is 2.69. The van der Waals surface area contributed by atoms with Crippen molar-refractivity contribution in [3.8, 4) is 0 Å². The van der Waals surface area contributed by atoms with Gasteiger partial charge in [-0.15, -0.1) is 0 Å². The molecular weight excluding hydrogens is 243 g/mol. The molecule has 0 atom stereocenters. The maximum Gasteiger partial charge on any atom is 0.256 e. The van der Waals surface area contributed by atoms with Crippen molar-refractivity contribution in [1.29, 1.82) is 0 Å². The van der Waals surface area contributed by atoms with Crippen LogP contribution in [0.25, 0.3) is 0 Å². The van der Waals surface area contributed by atoms with Gasteiger partial charge in [-0.2, -0.15) is 0 Å². The van der Waals surface area contributed by atoms with E-state index in [9.17, 15) is 9.18 Å². The monoisotopic (exact) mass is 262 g/mol. The first-order valence-corrected chi connectivity index (χ1v) is 6.94. The highest BCUT2D eigenvalue weighted by Crippen LogP contribution is 2.27. The van der Waals surface area contributed by atoms with Crippen LogP contribution in [0.2, 0.25) is 0 Å². The number of amides is 1. The van der Waals surface area contributed by atoms with Gasteiger partial charge in [0.05, 0.1) is 5.56 Å². The molecule has 19 heavy (non-hydrogen) atoms. The fraction of sp³-hybridized carbons (Fsp3) is 0.533. The average molecular weight is 262 g/mol. The van der Waals surface area contributed by atoms with Gasteiger partial charge in [-0.25, -0.2) is 4.39 Å². The Hall–Kier alpha value is -1.42. The van der Waals surface area contributed by atoms with E-state index in [0.29, 0.717) is 13.1 Å². The van der Waals surface area contributed by atoms with E-state index in [1.807, 2.05) is 6.92 Å². The molecule has 3 nitrogen and oxygen atoms in total. The fourth-order valence-electron chi connectivity index (χ4n) is 2.69. The molecular formula is C15H19FN2O. The second-order valence-corrected chi connectivity index (χ2v) is 5.54. The van der Waals surface area contributed by atoms with Crippen LogP contribution in [0.15, 0.2) is 18.2 Å². The lowest BCUT2D eigenvalue weighted by Crippen LogP contribution is -2.49. The lowest BCUT2D eigenvalue weighted by Gasteiger charge is -2.34. The number of carbonyl (C=O) groups excluding carboxylic acids is 1. The molecule has 0 unspecified atom stereocenters. The van der Waals surface area contributed by atoms with E-state index < -0.39 is 5.82 Å². The predicted octanol–water partition coefficient (Wildman–Crippen LogP) is 2.05. The van der Waals surface area contributed by atoms with Crippen LogP contribution >= 0.6 is 0 Å². The van der Waals surface area contributed by atoms with Gasteiger partial charge in [-0.1, -0.05) is 6.07 Å². The van der Waals surface area contributed by atoms with E-state index >= 15 is 0 Å². The van der Waals surface area contributed by atoms with E-state index in [1.54, 1.807) is 17.0 Å². The standard InChI is InChI=1S/C15H19FN2O/c1-11-2-5-13(14(16)10-11)15(19)18-8-6-17(7-9-18)12-3-4-12/h2,5,10,12H,3-4,6-9H2,1H3. The van der Waals surface area contributed by atoms with Crippen LogP contribution in [-0.2, 0) is 0 Å². The predicted molar refractivity (Wildman–Crippen MR) is 71.6 cm³/mol. The number of aryl methyl sites for hydroxylation is 1. The number of rotatable bonds is 2. The van der Waals surface area contributed by atoms with Crippen LogP contribution in [0, 0.1) is 12.7 Å². The lowest BCUT2D eigenvalue weighted by atomic mass is 10.1. The summed E-state index contributed by atoms with van der Waals surface area (Å²) < 4.78 is 13.8. The zero-order valence-electron chi connectivity index (χ0n) is 11.2. The third kappa shape index (κ3) is 2.63. The minimum absolute atomic E-state index is 0.173. The molecule has 2 fully saturated rings. The minimum atomic E-state index is -0.408. The Morgan fingerprint density at radius 1 is 1.21 bits per heavy atom. The summed E-state index contributed by atoms with van der Waals surface area (Å²) in [5, 5.41) is 0. The van der Waals surface area contributed by atoms with Crippen LogP contribution in [0.1, 0.15) is 28.8 Å². The molecule has 1 aliphatic carbocycles. The SMILES string of the molecule is Cc1ccc(C(=O)N2CCN(C3CC3)CC2)c(F)c1. The molecule has 4 heteroatoms. The van der Waals surface area contributed by atoms with Gasteiger partial charge < -0.3 is 4.90 Å². The van der Waals surface area contributed by atoms with Crippen molar-refractivity contribution in [2.75, 3.05) is 26.2 Å². The zero-order valence-corrected chi connectivity index (χ0v) is 11.2. The summed E-state index contributed by atoms with van der Waals surface area (Å²) in [6.45, 7) is 5.09. The first-order chi connectivity index (χ1) is 9.15. The molecule has 1 aliphatic heterocycles. The number of nitrogens with zero attached hydrogens (tertiary/aromatic N) is 2. The second kappa shape index (κ2) is 4.93. The Morgan fingerprint density at radius 2 is 1.89 bits per heavy atom. The summed E-state index contributed by atoms with van der Waals surface area (Å²) in [4.78, 5) is 16.5. The Labute approximate surface area is 113 Å². The Morgan fingerprint density at radius 3 is 2.47 bits per heavy atom. The third-order valence-corrected chi connectivity index (χ3v) is 4.02. The molecule has 3 rings (SSSR count). The minimum Gasteiger partial charge on any atom is -0.336 e. The maximum atomic E-state index is 13.8. The molecule has 0 spiro atoms. The molecule has 1 aromatic carbocycles. The lowest BCUT2D eigenvalue weighted by molar-refractivity contribution is 0.0622. The van der Waals surface area contributed by atoms with Gasteiger partial charge in [0.2, 0.25) is 0 Å². The number of piperazine rings is 1. The van der Waals surface area contributed by atoms with Gasteiger partial charge in [0.1, 0.15) is 5.82 Å². The van der Waals surface area contributed by atoms with Crippen LogP contribution in [0.4, 0.5) is 4.39 Å². The van der Waals surface area contributed by atoms with Gasteiger partial charge >= 0.3 is 0 Å². The molecule has 1 heterocycles. The molecule has 1 saturated carbocycles. The van der Waals surface area contributed by atoms with Crippen LogP contribution in [0.5, 0.6) is 0 Å². The summed E-state index contributed by atoms with van der Waals surface area (Å²) in [7, 11) is 0. The van der Waals surface area contributed by atoms with Crippen LogP contribution < -0.4 is 0 Å². The first kappa shape index (κ1) is 12.6. The van der Waals surface area contributed by atoms with Gasteiger partial charge in [-0.3, -0.25) is 9.69 Å². The smallest absolute Gasteiger partial charge is 0.256 e. The molecule has 2 aliphatic rings. The largest absolute Gasteiger partial charge is 0.336 e. The van der Waals surface area contributed by atoms with Crippen LogP contribution in [0.3, 0.4) is 0 Å². The summed E-state index contributed by atoms with van der Waals surface area (Å²) in [6.07, 6.45) is 2.58. The van der Waals surface area contributed by atoms with Gasteiger partial charge in [0.25, 0.3) is 5.91 Å². The highest BCUT2D eigenvalue weighted by molar-refractivity contribution is 5.94. The molecule has 102 valence electrons. The van der Waals surface area contributed by atoms with Gasteiger partial charge in [0.15, 0.2) is 0 Å². The highest BCUT2D eigenvalue weighted by atomic mass is 19.1. The van der Waals surface area contributed by atoms with Crippen molar-refractivity contribution in [3.05, 3.63) is 35.1 Å². The van der Waals surface area contributed by atoms with Crippen molar-refractivity contribution < 1.29 is 9.18 Å². The number of halogens is 1. The molecule has 1 aromatic rings. The van der Waals surface area contributed by atoms with Crippen LogP contribution in [-0.4, -0.2) is 47.9 Å². The van der Waals surface area contributed by atoms with Crippen molar-refractivity contribution in [2.45, 2.75) is 25.8 Å².